The number of rotatable bonds is 8. The van der Waals surface area contributed by atoms with Crippen LogP contribution in [0.4, 0.5) is 4.39 Å². The molecule has 1 amide bonds. The molecule has 0 aliphatic heterocycles. The van der Waals surface area contributed by atoms with Gasteiger partial charge in [0, 0.05) is 22.8 Å². The van der Waals surface area contributed by atoms with E-state index in [0.29, 0.717) is 4.47 Å². The van der Waals surface area contributed by atoms with Gasteiger partial charge in [0.25, 0.3) is 5.91 Å². The maximum absolute atomic E-state index is 13.9. The van der Waals surface area contributed by atoms with E-state index in [1.165, 1.54) is 24.3 Å². The number of hydrogen-bond acceptors (Lipinski definition) is 6. The van der Waals surface area contributed by atoms with Crippen molar-refractivity contribution in [2.24, 2.45) is 0 Å². The van der Waals surface area contributed by atoms with Crippen LogP contribution in [0.3, 0.4) is 0 Å². The molecule has 0 saturated carbocycles. The molecule has 0 heterocycles. The van der Waals surface area contributed by atoms with Gasteiger partial charge in [0.1, 0.15) is 11.6 Å². The van der Waals surface area contributed by atoms with Gasteiger partial charge >= 0.3 is 5.97 Å². The fourth-order valence-electron chi connectivity index (χ4n) is 2.32. The molecular formula is C19H19BrFNO6S. The Morgan fingerprint density at radius 2 is 1.90 bits per heavy atom. The van der Waals surface area contributed by atoms with Crippen LogP contribution in [0.1, 0.15) is 22.8 Å². The van der Waals surface area contributed by atoms with E-state index in [0.717, 1.165) is 12.3 Å². The molecule has 2 aromatic carbocycles. The van der Waals surface area contributed by atoms with Crippen molar-refractivity contribution in [1.29, 1.82) is 0 Å². The average molecular weight is 488 g/mol. The minimum Gasteiger partial charge on any atom is -0.481 e. The van der Waals surface area contributed by atoms with Gasteiger partial charge in [-0.1, -0.05) is 22.0 Å². The molecule has 0 aromatic heterocycles. The maximum atomic E-state index is 13.9. The zero-order valence-electron chi connectivity index (χ0n) is 15.7. The Kier molecular flexibility index (Phi) is 7.74. The molecule has 10 heteroatoms. The minimum atomic E-state index is -3.56. The number of halogens is 2. The van der Waals surface area contributed by atoms with Crippen molar-refractivity contribution in [2.45, 2.75) is 18.4 Å². The lowest BCUT2D eigenvalue weighted by Crippen LogP contribution is -2.25. The lowest BCUT2D eigenvalue weighted by Gasteiger charge is -2.13. The second kappa shape index (κ2) is 9.84. The van der Waals surface area contributed by atoms with Crippen LogP contribution in [0.25, 0.3) is 0 Å². The Labute approximate surface area is 176 Å². The Hall–Kier alpha value is -2.46. The summed E-state index contributed by atoms with van der Waals surface area (Å²) in [6.45, 7) is 1.19. The third-order valence-electron chi connectivity index (χ3n) is 3.73. The molecule has 0 bridgehead atoms. The lowest BCUT2D eigenvalue weighted by molar-refractivity contribution is -0.145. The molecule has 0 spiro atoms. The molecule has 0 atom stereocenters. The molecule has 1 N–H and O–H groups in total. The molecule has 2 aromatic rings. The minimum absolute atomic E-state index is 0.000724. The van der Waals surface area contributed by atoms with E-state index in [1.54, 1.807) is 13.0 Å². The van der Waals surface area contributed by atoms with Crippen molar-refractivity contribution in [3.8, 4) is 5.75 Å². The van der Waals surface area contributed by atoms with Crippen LogP contribution >= 0.6 is 15.9 Å². The molecule has 0 unspecified atom stereocenters. The van der Waals surface area contributed by atoms with Gasteiger partial charge in [-0.05, 0) is 37.3 Å². The number of amides is 1. The van der Waals surface area contributed by atoms with E-state index >= 15 is 0 Å². The Morgan fingerprint density at radius 1 is 1.17 bits per heavy atom. The third-order valence-corrected chi connectivity index (χ3v) is 5.33. The monoisotopic (exact) mass is 487 g/mol. The highest BCUT2D eigenvalue weighted by molar-refractivity contribution is 9.10. The largest absolute Gasteiger partial charge is 0.481 e. The first-order valence-electron chi connectivity index (χ1n) is 8.46. The number of sulfone groups is 1. The summed E-state index contributed by atoms with van der Waals surface area (Å²) in [7, 11) is -3.56. The zero-order valence-corrected chi connectivity index (χ0v) is 18.1. The second-order valence-electron chi connectivity index (χ2n) is 5.94. The number of esters is 1. The third kappa shape index (κ3) is 6.53. The van der Waals surface area contributed by atoms with Gasteiger partial charge in [0.2, 0.25) is 0 Å². The van der Waals surface area contributed by atoms with Crippen molar-refractivity contribution in [3.63, 3.8) is 0 Å². The first-order valence-corrected chi connectivity index (χ1v) is 11.1. The first-order chi connectivity index (χ1) is 13.6. The molecule has 0 fully saturated rings. The highest BCUT2D eigenvalue weighted by Gasteiger charge is 2.18. The predicted octanol–water partition coefficient (Wildman–Crippen LogP) is 2.86. The van der Waals surface area contributed by atoms with Crippen molar-refractivity contribution < 1.29 is 31.9 Å². The number of nitrogens with one attached hydrogen (secondary N) is 1. The van der Waals surface area contributed by atoms with Crippen LogP contribution in [-0.4, -0.2) is 39.8 Å². The Morgan fingerprint density at radius 3 is 2.52 bits per heavy atom. The van der Waals surface area contributed by atoms with E-state index in [4.69, 9.17) is 9.47 Å². The van der Waals surface area contributed by atoms with Crippen LogP contribution in [0.15, 0.2) is 45.8 Å². The lowest BCUT2D eigenvalue weighted by atomic mass is 10.1. The smallest absolute Gasteiger partial charge is 0.344 e. The predicted molar refractivity (Wildman–Crippen MR) is 107 cm³/mol. The number of ether oxygens (including phenoxy) is 2. The Balaban J connectivity index is 2.24. The second-order valence-corrected chi connectivity index (χ2v) is 8.87. The summed E-state index contributed by atoms with van der Waals surface area (Å²) < 4.78 is 48.2. The van der Waals surface area contributed by atoms with Gasteiger partial charge < -0.3 is 14.8 Å². The molecule has 156 valence electrons. The van der Waals surface area contributed by atoms with Gasteiger partial charge in [0.05, 0.1) is 17.1 Å². The standard InChI is InChI=1S/C19H19BrFNO6S/c1-3-27-18(23)11-28-17-9-14(29(2,25)26)6-7-15(17)19(24)22-10-12-4-5-13(20)8-16(12)21/h4-9H,3,10-11H2,1-2H3,(H,22,24). The molecule has 0 aliphatic carbocycles. The van der Waals surface area contributed by atoms with E-state index in [9.17, 15) is 22.4 Å². The average Bonchev–Trinajstić information content (AvgIpc) is 2.64. The molecule has 0 saturated heterocycles. The summed E-state index contributed by atoms with van der Waals surface area (Å²) in [5.74, 6) is -1.88. The van der Waals surface area contributed by atoms with Crippen LogP contribution < -0.4 is 10.1 Å². The van der Waals surface area contributed by atoms with Crippen LogP contribution in [0, 0.1) is 5.82 Å². The summed E-state index contributed by atoms with van der Waals surface area (Å²) in [6.07, 6.45) is 1.01. The van der Waals surface area contributed by atoms with Crippen LogP contribution in [0.2, 0.25) is 0 Å². The van der Waals surface area contributed by atoms with Crippen molar-refractivity contribution in [3.05, 3.63) is 57.8 Å². The number of hydrogen-bond donors (Lipinski definition) is 1. The van der Waals surface area contributed by atoms with E-state index in [-0.39, 0.29) is 34.9 Å². The molecule has 2 rings (SSSR count). The fourth-order valence-corrected chi connectivity index (χ4v) is 3.28. The number of carbonyl (C=O) groups excluding carboxylic acids is 2. The summed E-state index contributed by atoms with van der Waals surface area (Å²) in [4.78, 5) is 24.0. The summed E-state index contributed by atoms with van der Waals surface area (Å²) in [5.41, 5.74) is 0.266. The SMILES string of the molecule is CCOC(=O)COc1cc(S(C)(=O)=O)ccc1C(=O)NCc1ccc(Br)cc1F. The fraction of sp³-hybridized carbons (Fsp3) is 0.263. The van der Waals surface area contributed by atoms with Gasteiger partial charge in [-0.15, -0.1) is 0 Å². The van der Waals surface area contributed by atoms with Crippen molar-refractivity contribution >= 4 is 37.6 Å². The summed E-state index contributed by atoms with van der Waals surface area (Å²) >= 11 is 3.15. The van der Waals surface area contributed by atoms with Gasteiger partial charge in [-0.2, -0.15) is 0 Å². The highest BCUT2D eigenvalue weighted by Crippen LogP contribution is 2.24. The van der Waals surface area contributed by atoms with Crippen LogP contribution in [-0.2, 0) is 25.9 Å². The highest BCUT2D eigenvalue weighted by atomic mass is 79.9. The normalized spacial score (nSPS) is 11.0. The van der Waals surface area contributed by atoms with Gasteiger partial charge in [0.15, 0.2) is 16.4 Å². The summed E-state index contributed by atoms with van der Waals surface area (Å²) in [5, 5.41) is 2.55. The molecule has 0 radical (unpaired) electrons. The topological polar surface area (TPSA) is 98.8 Å². The number of carbonyl (C=O) groups is 2. The van der Waals surface area contributed by atoms with Gasteiger partial charge in [-0.3, -0.25) is 4.79 Å². The Bertz CT molecular complexity index is 1030. The molecular weight excluding hydrogens is 469 g/mol. The molecule has 0 aliphatic rings. The van der Waals surface area contributed by atoms with E-state index < -0.39 is 34.1 Å². The van der Waals surface area contributed by atoms with E-state index in [2.05, 4.69) is 21.2 Å². The van der Waals surface area contributed by atoms with Crippen molar-refractivity contribution in [1.82, 2.24) is 5.32 Å². The van der Waals surface area contributed by atoms with Crippen LogP contribution in [0.5, 0.6) is 5.75 Å². The first kappa shape index (κ1) is 22.8. The quantitative estimate of drug-likeness (QED) is 0.574. The van der Waals surface area contributed by atoms with Gasteiger partial charge in [-0.25, -0.2) is 17.6 Å². The molecule has 29 heavy (non-hydrogen) atoms. The van der Waals surface area contributed by atoms with E-state index in [1.807, 2.05) is 0 Å². The summed E-state index contributed by atoms with van der Waals surface area (Å²) in [6, 6.07) is 8.11. The maximum Gasteiger partial charge on any atom is 0.344 e. The van der Waals surface area contributed by atoms with Crippen molar-refractivity contribution in [2.75, 3.05) is 19.5 Å². The molecule has 7 nitrogen and oxygen atoms in total. The number of benzene rings is 2. The zero-order chi connectivity index (χ0) is 21.6.